The molecule has 1 aromatic heterocycles. The largest absolute Gasteiger partial charge is 0.341 e. The lowest BCUT2D eigenvalue weighted by Crippen LogP contribution is -2.31. The van der Waals surface area contributed by atoms with Gasteiger partial charge in [-0.05, 0) is 35.2 Å². The maximum absolute atomic E-state index is 11.8. The van der Waals surface area contributed by atoms with Gasteiger partial charge in [0.15, 0.2) is 0 Å². The minimum absolute atomic E-state index is 0.190. The van der Waals surface area contributed by atoms with Gasteiger partial charge in [0, 0.05) is 25.6 Å². The predicted molar refractivity (Wildman–Crippen MR) is 61.8 cm³/mol. The molecular weight excluding hydrogens is 208 g/mol. The number of carbonyl (C=O) groups excluding carboxylic acids is 1. The Morgan fingerprint density at radius 1 is 1.67 bits per heavy atom. The third-order valence-electron chi connectivity index (χ3n) is 2.79. The molecule has 2 heterocycles. The lowest BCUT2D eigenvalue weighted by Gasteiger charge is -2.15. The molecule has 1 aliphatic rings. The molecule has 0 unspecified atom stereocenters. The van der Waals surface area contributed by atoms with Crippen molar-refractivity contribution < 1.29 is 4.79 Å². The first kappa shape index (κ1) is 10.6. The van der Waals surface area contributed by atoms with Crippen molar-refractivity contribution in [1.29, 1.82) is 0 Å². The highest BCUT2D eigenvalue weighted by molar-refractivity contribution is 7.07. The van der Waals surface area contributed by atoms with Crippen LogP contribution in [0.3, 0.4) is 0 Å². The Hall–Kier alpha value is -0.870. The molecule has 0 saturated carbocycles. The standard InChI is InChI=1S/C11H16N2OS/c12-10-3-5-13(7-10)11(14)2-1-9-4-6-15-8-9/h4,6,8,10H,1-3,5,7,12H2/t10-/m0/s1. The number of aryl methyl sites for hydroxylation is 1. The number of thiophene rings is 1. The third kappa shape index (κ3) is 2.79. The van der Waals surface area contributed by atoms with Crippen LogP contribution in [0.2, 0.25) is 0 Å². The van der Waals surface area contributed by atoms with Gasteiger partial charge in [-0.2, -0.15) is 11.3 Å². The topological polar surface area (TPSA) is 46.3 Å². The number of nitrogens with two attached hydrogens (primary N) is 1. The van der Waals surface area contributed by atoms with Gasteiger partial charge >= 0.3 is 0 Å². The summed E-state index contributed by atoms with van der Waals surface area (Å²) in [5.41, 5.74) is 7.02. The normalized spacial score (nSPS) is 20.9. The molecular formula is C11H16N2OS. The van der Waals surface area contributed by atoms with Gasteiger partial charge in [-0.25, -0.2) is 0 Å². The highest BCUT2D eigenvalue weighted by Gasteiger charge is 2.22. The van der Waals surface area contributed by atoms with Crippen LogP contribution in [0.25, 0.3) is 0 Å². The molecule has 0 aliphatic carbocycles. The molecule has 15 heavy (non-hydrogen) atoms. The van der Waals surface area contributed by atoms with Crippen molar-refractivity contribution in [2.45, 2.75) is 25.3 Å². The first-order valence-corrected chi connectivity index (χ1v) is 6.24. The van der Waals surface area contributed by atoms with E-state index in [1.54, 1.807) is 11.3 Å². The number of amides is 1. The Balaban J connectivity index is 1.78. The van der Waals surface area contributed by atoms with E-state index < -0.39 is 0 Å². The first-order valence-electron chi connectivity index (χ1n) is 5.30. The molecule has 3 nitrogen and oxygen atoms in total. The molecule has 0 radical (unpaired) electrons. The fourth-order valence-electron chi connectivity index (χ4n) is 1.86. The second-order valence-corrected chi connectivity index (χ2v) is 4.80. The smallest absolute Gasteiger partial charge is 0.222 e. The highest BCUT2D eigenvalue weighted by atomic mass is 32.1. The van der Waals surface area contributed by atoms with Crippen LogP contribution in [0.4, 0.5) is 0 Å². The van der Waals surface area contributed by atoms with E-state index in [9.17, 15) is 4.79 Å². The SMILES string of the molecule is N[C@H]1CCN(C(=O)CCc2ccsc2)C1. The van der Waals surface area contributed by atoms with Crippen LogP contribution in [-0.2, 0) is 11.2 Å². The number of hydrogen-bond acceptors (Lipinski definition) is 3. The fraction of sp³-hybridized carbons (Fsp3) is 0.545. The molecule has 1 fully saturated rings. The number of nitrogens with zero attached hydrogens (tertiary/aromatic N) is 1. The van der Waals surface area contributed by atoms with Gasteiger partial charge in [0.1, 0.15) is 0 Å². The summed E-state index contributed by atoms with van der Waals surface area (Å²) < 4.78 is 0. The average molecular weight is 224 g/mol. The van der Waals surface area contributed by atoms with E-state index in [0.717, 1.165) is 25.9 Å². The van der Waals surface area contributed by atoms with Crippen LogP contribution in [0.1, 0.15) is 18.4 Å². The molecule has 1 saturated heterocycles. The van der Waals surface area contributed by atoms with E-state index in [-0.39, 0.29) is 11.9 Å². The van der Waals surface area contributed by atoms with E-state index in [1.807, 2.05) is 10.3 Å². The minimum atomic E-state index is 0.190. The van der Waals surface area contributed by atoms with Gasteiger partial charge in [0.2, 0.25) is 5.91 Å². The molecule has 2 rings (SSSR count). The summed E-state index contributed by atoms with van der Waals surface area (Å²) in [7, 11) is 0. The zero-order valence-corrected chi connectivity index (χ0v) is 9.50. The zero-order valence-electron chi connectivity index (χ0n) is 8.69. The third-order valence-corrected chi connectivity index (χ3v) is 3.52. The van der Waals surface area contributed by atoms with E-state index in [2.05, 4.69) is 11.4 Å². The maximum Gasteiger partial charge on any atom is 0.222 e. The Bertz CT molecular complexity index is 323. The van der Waals surface area contributed by atoms with Crippen molar-refractivity contribution in [3.05, 3.63) is 22.4 Å². The quantitative estimate of drug-likeness (QED) is 0.839. The zero-order chi connectivity index (χ0) is 10.7. The maximum atomic E-state index is 11.8. The number of carbonyl (C=O) groups is 1. The van der Waals surface area contributed by atoms with Gasteiger partial charge in [-0.1, -0.05) is 0 Å². The highest BCUT2D eigenvalue weighted by Crippen LogP contribution is 2.12. The summed E-state index contributed by atoms with van der Waals surface area (Å²) in [5.74, 6) is 0.245. The Morgan fingerprint density at radius 3 is 3.13 bits per heavy atom. The molecule has 0 bridgehead atoms. The van der Waals surface area contributed by atoms with Gasteiger partial charge in [0.05, 0.1) is 0 Å². The lowest BCUT2D eigenvalue weighted by molar-refractivity contribution is -0.130. The van der Waals surface area contributed by atoms with Crippen molar-refractivity contribution in [2.75, 3.05) is 13.1 Å². The van der Waals surface area contributed by atoms with E-state index in [0.29, 0.717) is 6.42 Å². The molecule has 0 spiro atoms. The van der Waals surface area contributed by atoms with Gasteiger partial charge in [-0.3, -0.25) is 4.79 Å². The van der Waals surface area contributed by atoms with Crippen molar-refractivity contribution >= 4 is 17.2 Å². The summed E-state index contributed by atoms with van der Waals surface area (Å²) in [6.45, 7) is 1.58. The summed E-state index contributed by atoms with van der Waals surface area (Å²) >= 11 is 1.68. The van der Waals surface area contributed by atoms with Crippen molar-refractivity contribution in [3.8, 4) is 0 Å². The van der Waals surface area contributed by atoms with Crippen LogP contribution in [0.15, 0.2) is 16.8 Å². The Labute approximate surface area is 93.9 Å². The molecule has 1 atom stereocenters. The fourth-order valence-corrected chi connectivity index (χ4v) is 2.56. The van der Waals surface area contributed by atoms with Gasteiger partial charge in [0.25, 0.3) is 0 Å². The number of rotatable bonds is 3. The molecule has 0 aromatic carbocycles. The number of likely N-dealkylation sites (tertiary alicyclic amines) is 1. The summed E-state index contributed by atoms with van der Waals surface area (Å²) in [4.78, 5) is 13.6. The molecule has 4 heteroatoms. The van der Waals surface area contributed by atoms with Crippen molar-refractivity contribution in [3.63, 3.8) is 0 Å². The van der Waals surface area contributed by atoms with Crippen LogP contribution in [0, 0.1) is 0 Å². The molecule has 2 N–H and O–H groups in total. The first-order chi connectivity index (χ1) is 7.25. The second-order valence-electron chi connectivity index (χ2n) is 4.02. The van der Waals surface area contributed by atoms with E-state index >= 15 is 0 Å². The van der Waals surface area contributed by atoms with Crippen LogP contribution in [0.5, 0.6) is 0 Å². The molecule has 82 valence electrons. The van der Waals surface area contributed by atoms with Crippen LogP contribution < -0.4 is 5.73 Å². The van der Waals surface area contributed by atoms with Crippen LogP contribution in [-0.4, -0.2) is 29.9 Å². The summed E-state index contributed by atoms with van der Waals surface area (Å²) in [6.07, 6.45) is 2.42. The average Bonchev–Trinajstić information content (AvgIpc) is 2.84. The van der Waals surface area contributed by atoms with Gasteiger partial charge < -0.3 is 10.6 Å². The van der Waals surface area contributed by atoms with Crippen LogP contribution >= 0.6 is 11.3 Å². The van der Waals surface area contributed by atoms with E-state index in [4.69, 9.17) is 5.73 Å². The monoisotopic (exact) mass is 224 g/mol. The Kier molecular flexibility index (Phi) is 3.38. The molecule has 1 aromatic rings. The number of hydrogen-bond donors (Lipinski definition) is 1. The predicted octanol–water partition coefficient (Wildman–Crippen LogP) is 1.24. The molecule has 1 aliphatic heterocycles. The summed E-state index contributed by atoms with van der Waals surface area (Å²) in [6, 6.07) is 2.27. The van der Waals surface area contributed by atoms with Crippen molar-refractivity contribution in [2.24, 2.45) is 5.73 Å². The van der Waals surface area contributed by atoms with Gasteiger partial charge in [-0.15, -0.1) is 0 Å². The Morgan fingerprint density at radius 2 is 2.53 bits per heavy atom. The molecule has 1 amide bonds. The van der Waals surface area contributed by atoms with E-state index in [1.165, 1.54) is 5.56 Å². The minimum Gasteiger partial charge on any atom is -0.341 e. The summed E-state index contributed by atoms with van der Waals surface area (Å²) in [5, 5.41) is 4.15. The second kappa shape index (κ2) is 4.77. The lowest BCUT2D eigenvalue weighted by atomic mass is 10.2. The van der Waals surface area contributed by atoms with Crippen molar-refractivity contribution in [1.82, 2.24) is 4.90 Å².